The Kier molecular flexibility index (Phi) is 5.15. The molecule has 0 saturated heterocycles. The second kappa shape index (κ2) is 6.89. The molecule has 0 aliphatic rings. The summed E-state index contributed by atoms with van der Waals surface area (Å²) in [4.78, 5) is 11.7. The summed E-state index contributed by atoms with van der Waals surface area (Å²) in [6, 6.07) is 7.86. The van der Waals surface area contributed by atoms with Crippen LogP contribution < -0.4 is 10.0 Å². The number of sulfonamides is 1. The van der Waals surface area contributed by atoms with E-state index in [0.717, 1.165) is 29.4 Å². The topological polar surface area (TPSA) is 93.1 Å². The average Bonchev–Trinajstić information content (AvgIpc) is 2.82. The molecule has 8 heteroatoms. The van der Waals surface area contributed by atoms with E-state index < -0.39 is 10.0 Å². The summed E-state index contributed by atoms with van der Waals surface area (Å²) >= 11 is 0. The third-order valence-electron chi connectivity index (χ3n) is 3.20. The fraction of sp³-hybridized carbons (Fsp3) is 0.429. The Balaban J connectivity index is 1.96. The van der Waals surface area contributed by atoms with Crippen molar-refractivity contribution in [2.45, 2.75) is 26.4 Å². The number of benzene rings is 1. The van der Waals surface area contributed by atoms with Crippen LogP contribution in [0.25, 0.3) is 10.9 Å². The van der Waals surface area contributed by atoms with Crippen molar-refractivity contribution in [1.82, 2.24) is 19.8 Å². The number of hydrogen-bond acceptors (Lipinski definition) is 4. The number of carbonyl (C=O) groups excluding carboxylic acids is 1. The van der Waals surface area contributed by atoms with Gasteiger partial charge in [-0.3, -0.25) is 9.48 Å². The molecule has 7 nitrogen and oxygen atoms in total. The van der Waals surface area contributed by atoms with E-state index in [-0.39, 0.29) is 18.9 Å². The first kappa shape index (κ1) is 16.4. The number of fused-ring (bicyclic) bond motifs is 1. The lowest BCUT2D eigenvalue weighted by molar-refractivity contribution is -0.121. The van der Waals surface area contributed by atoms with Crippen LogP contribution in [0, 0.1) is 0 Å². The molecular weight excluding hydrogens is 304 g/mol. The molecule has 1 aromatic carbocycles. The van der Waals surface area contributed by atoms with Gasteiger partial charge in [-0.05, 0) is 13.0 Å². The summed E-state index contributed by atoms with van der Waals surface area (Å²) in [5, 5.41) is 8.27. The predicted molar refractivity (Wildman–Crippen MR) is 84.7 cm³/mol. The molecule has 0 unspecified atom stereocenters. The van der Waals surface area contributed by atoms with E-state index in [1.54, 1.807) is 0 Å². The smallest absolute Gasteiger partial charge is 0.221 e. The molecule has 0 atom stereocenters. The molecule has 120 valence electrons. The number of hydrogen-bond donors (Lipinski definition) is 2. The minimum atomic E-state index is -3.26. The van der Waals surface area contributed by atoms with E-state index in [9.17, 15) is 13.2 Å². The van der Waals surface area contributed by atoms with Crippen molar-refractivity contribution in [3.8, 4) is 0 Å². The van der Waals surface area contributed by atoms with Gasteiger partial charge in [0.15, 0.2) is 0 Å². The highest BCUT2D eigenvalue weighted by molar-refractivity contribution is 7.88. The van der Waals surface area contributed by atoms with Crippen LogP contribution in [0.1, 0.15) is 19.0 Å². The zero-order valence-corrected chi connectivity index (χ0v) is 13.5. The summed E-state index contributed by atoms with van der Waals surface area (Å²) in [7, 11) is -3.26. The standard InChI is InChI=1S/C14H20N4O3S/c1-3-18-13-7-5-4-6-11(13)12(17-18)10-15-14(19)8-9-16-22(2,20)21/h4-7,16H,3,8-10H2,1-2H3,(H,15,19). The van der Waals surface area contributed by atoms with Gasteiger partial charge in [-0.25, -0.2) is 13.1 Å². The fourth-order valence-electron chi connectivity index (χ4n) is 2.19. The highest BCUT2D eigenvalue weighted by atomic mass is 32.2. The number of nitrogens with one attached hydrogen (secondary N) is 2. The zero-order valence-electron chi connectivity index (χ0n) is 12.7. The molecule has 0 radical (unpaired) electrons. The maximum Gasteiger partial charge on any atom is 0.221 e. The van der Waals surface area contributed by atoms with Crippen LogP contribution in [0.5, 0.6) is 0 Å². The first-order valence-corrected chi connectivity index (χ1v) is 8.95. The number of nitrogens with zero attached hydrogens (tertiary/aromatic N) is 2. The van der Waals surface area contributed by atoms with Gasteiger partial charge in [-0.15, -0.1) is 0 Å². The van der Waals surface area contributed by atoms with Gasteiger partial charge in [-0.2, -0.15) is 5.10 Å². The van der Waals surface area contributed by atoms with Crippen molar-refractivity contribution in [3.63, 3.8) is 0 Å². The molecule has 1 heterocycles. The highest BCUT2D eigenvalue weighted by Crippen LogP contribution is 2.18. The number of carbonyl (C=O) groups is 1. The summed E-state index contributed by atoms with van der Waals surface area (Å²) in [6.45, 7) is 3.19. The Bertz CT molecular complexity index is 767. The lowest BCUT2D eigenvalue weighted by Crippen LogP contribution is -2.30. The Morgan fingerprint density at radius 2 is 2.05 bits per heavy atom. The Morgan fingerprint density at radius 3 is 2.73 bits per heavy atom. The summed E-state index contributed by atoms with van der Waals surface area (Å²) in [5.41, 5.74) is 1.84. The van der Waals surface area contributed by atoms with Crippen molar-refractivity contribution < 1.29 is 13.2 Å². The number of rotatable bonds is 7. The quantitative estimate of drug-likeness (QED) is 0.780. The summed E-state index contributed by atoms with van der Waals surface area (Å²) in [5.74, 6) is -0.216. The average molecular weight is 324 g/mol. The first-order chi connectivity index (χ1) is 10.4. The van der Waals surface area contributed by atoms with Crippen LogP contribution in [0.15, 0.2) is 24.3 Å². The minimum absolute atomic E-state index is 0.0921. The van der Waals surface area contributed by atoms with E-state index in [4.69, 9.17) is 0 Å². The molecule has 1 amide bonds. The second-order valence-corrected chi connectivity index (χ2v) is 6.81. The molecule has 0 saturated carbocycles. The van der Waals surface area contributed by atoms with Gasteiger partial charge in [0.05, 0.1) is 24.0 Å². The SMILES string of the molecule is CCn1nc(CNC(=O)CCNS(C)(=O)=O)c2ccccc21. The molecule has 2 N–H and O–H groups in total. The molecule has 1 aromatic heterocycles. The second-order valence-electron chi connectivity index (χ2n) is 4.97. The number of para-hydroxylation sites is 1. The lowest BCUT2D eigenvalue weighted by atomic mass is 10.2. The van der Waals surface area contributed by atoms with Crippen molar-refractivity contribution in [1.29, 1.82) is 0 Å². The molecule has 0 aliphatic heterocycles. The van der Waals surface area contributed by atoms with Crippen LogP contribution in [-0.2, 0) is 27.9 Å². The molecule has 0 fully saturated rings. The molecule has 0 spiro atoms. The lowest BCUT2D eigenvalue weighted by Gasteiger charge is -2.04. The van der Waals surface area contributed by atoms with Gasteiger partial charge >= 0.3 is 0 Å². The molecule has 0 bridgehead atoms. The van der Waals surface area contributed by atoms with Gasteiger partial charge in [0, 0.05) is 24.9 Å². The minimum Gasteiger partial charge on any atom is -0.350 e. The number of aromatic nitrogens is 2. The van der Waals surface area contributed by atoms with Gasteiger partial charge < -0.3 is 5.32 Å². The van der Waals surface area contributed by atoms with E-state index >= 15 is 0 Å². The van der Waals surface area contributed by atoms with Gasteiger partial charge in [0.2, 0.25) is 15.9 Å². The maximum atomic E-state index is 11.7. The zero-order chi connectivity index (χ0) is 16.2. The molecular formula is C14H20N4O3S. The monoisotopic (exact) mass is 324 g/mol. The largest absolute Gasteiger partial charge is 0.350 e. The molecule has 2 aromatic rings. The van der Waals surface area contributed by atoms with Gasteiger partial charge in [0.25, 0.3) is 0 Å². The fourth-order valence-corrected chi connectivity index (χ4v) is 2.66. The van der Waals surface area contributed by atoms with Crippen LogP contribution in [0.3, 0.4) is 0 Å². The van der Waals surface area contributed by atoms with Crippen molar-refractivity contribution in [2.75, 3.05) is 12.8 Å². The number of amides is 1. The van der Waals surface area contributed by atoms with Crippen LogP contribution in [-0.4, -0.2) is 36.9 Å². The van der Waals surface area contributed by atoms with Gasteiger partial charge in [0.1, 0.15) is 0 Å². The third-order valence-corrected chi connectivity index (χ3v) is 3.93. The van der Waals surface area contributed by atoms with Crippen molar-refractivity contribution >= 4 is 26.8 Å². The Labute approximate surface area is 129 Å². The van der Waals surface area contributed by atoms with Gasteiger partial charge in [-0.1, -0.05) is 18.2 Å². The van der Waals surface area contributed by atoms with E-state index in [1.165, 1.54) is 0 Å². The molecule has 0 aliphatic carbocycles. The van der Waals surface area contributed by atoms with E-state index in [0.29, 0.717) is 6.54 Å². The Morgan fingerprint density at radius 1 is 1.32 bits per heavy atom. The van der Waals surface area contributed by atoms with Crippen LogP contribution >= 0.6 is 0 Å². The van der Waals surface area contributed by atoms with E-state index in [2.05, 4.69) is 15.1 Å². The first-order valence-electron chi connectivity index (χ1n) is 7.06. The molecule has 2 rings (SSSR count). The predicted octanol–water partition coefficient (Wildman–Crippen LogP) is 0.612. The van der Waals surface area contributed by atoms with Crippen molar-refractivity contribution in [3.05, 3.63) is 30.0 Å². The highest BCUT2D eigenvalue weighted by Gasteiger charge is 2.10. The van der Waals surface area contributed by atoms with Crippen LogP contribution in [0.2, 0.25) is 0 Å². The normalized spacial score (nSPS) is 11.7. The Hall–Kier alpha value is -1.93. The molecule has 22 heavy (non-hydrogen) atoms. The van der Waals surface area contributed by atoms with E-state index in [1.807, 2.05) is 35.9 Å². The number of aryl methyl sites for hydroxylation is 1. The summed E-state index contributed by atoms with van der Waals surface area (Å²) in [6.07, 6.45) is 1.16. The van der Waals surface area contributed by atoms with Crippen LogP contribution in [0.4, 0.5) is 0 Å². The third kappa shape index (κ3) is 4.28. The summed E-state index contributed by atoms with van der Waals surface area (Å²) < 4.78 is 26.0. The maximum absolute atomic E-state index is 11.7. The van der Waals surface area contributed by atoms with Crippen molar-refractivity contribution in [2.24, 2.45) is 0 Å².